The molecule has 0 spiro atoms. The van der Waals surface area contributed by atoms with Gasteiger partial charge in [0.1, 0.15) is 0 Å². The Labute approximate surface area is 94.1 Å². The van der Waals surface area contributed by atoms with E-state index in [1.807, 2.05) is 0 Å². The van der Waals surface area contributed by atoms with Crippen molar-refractivity contribution in [1.82, 2.24) is 0 Å². The molecule has 0 radical (unpaired) electrons. The zero-order valence-corrected chi connectivity index (χ0v) is 10.5. The predicted octanol–water partition coefficient (Wildman–Crippen LogP) is 4.42. The SMILES string of the molecule is C=C1CC[C@@H]2[C@@H]1CC(C)(C)C[C@@H]1C[C@]12C. The second-order valence-corrected chi connectivity index (χ2v) is 7.39. The average Bonchev–Trinajstić information content (AvgIpc) is 2.59. The number of fused-ring (bicyclic) bond motifs is 3. The maximum absolute atomic E-state index is 4.33. The van der Waals surface area contributed by atoms with Crippen LogP contribution in [-0.2, 0) is 0 Å². The Kier molecular flexibility index (Phi) is 1.79. The van der Waals surface area contributed by atoms with Gasteiger partial charge in [0.2, 0.25) is 0 Å². The molecule has 4 atom stereocenters. The minimum absolute atomic E-state index is 0.565. The van der Waals surface area contributed by atoms with Crippen molar-refractivity contribution in [3.05, 3.63) is 12.2 Å². The summed E-state index contributed by atoms with van der Waals surface area (Å²) in [4.78, 5) is 0. The fourth-order valence-corrected chi connectivity index (χ4v) is 4.67. The molecule has 0 nitrogen and oxygen atoms in total. The summed E-state index contributed by atoms with van der Waals surface area (Å²) < 4.78 is 0. The van der Waals surface area contributed by atoms with Gasteiger partial charge in [0.05, 0.1) is 0 Å². The summed E-state index contributed by atoms with van der Waals surface area (Å²) in [5.74, 6) is 2.88. The van der Waals surface area contributed by atoms with Crippen LogP contribution in [0.1, 0.15) is 52.9 Å². The first-order chi connectivity index (χ1) is 6.92. The highest BCUT2D eigenvalue weighted by molar-refractivity contribution is 5.20. The summed E-state index contributed by atoms with van der Waals surface area (Å²) in [7, 11) is 0. The van der Waals surface area contributed by atoms with Gasteiger partial charge in [-0.05, 0) is 60.7 Å². The summed E-state index contributed by atoms with van der Waals surface area (Å²) in [5, 5.41) is 0. The van der Waals surface area contributed by atoms with Crippen molar-refractivity contribution in [3.8, 4) is 0 Å². The number of hydrogen-bond donors (Lipinski definition) is 0. The van der Waals surface area contributed by atoms with E-state index in [4.69, 9.17) is 0 Å². The lowest BCUT2D eigenvalue weighted by Crippen LogP contribution is -2.21. The Hall–Kier alpha value is -0.260. The van der Waals surface area contributed by atoms with E-state index in [2.05, 4.69) is 27.4 Å². The van der Waals surface area contributed by atoms with Crippen molar-refractivity contribution in [2.45, 2.75) is 52.9 Å². The first-order valence-corrected chi connectivity index (χ1v) is 6.60. The summed E-state index contributed by atoms with van der Waals surface area (Å²) in [6.45, 7) is 11.8. The molecule has 0 unspecified atom stereocenters. The molecule has 0 heterocycles. The van der Waals surface area contributed by atoms with E-state index in [1.165, 1.54) is 32.1 Å². The van der Waals surface area contributed by atoms with Crippen LogP contribution in [0, 0.1) is 28.6 Å². The first kappa shape index (κ1) is 9.93. The smallest absolute Gasteiger partial charge is 0.0167 e. The van der Waals surface area contributed by atoms with Gasteiger partial charge in [-0.15, -0.1) is 0 Å². The fourth-order valence-electron chi connectivity index (χ4n) is 4.67. The maximum Gasteiger partial charge on any atom is -0.0167 e. The molecule has 15 heavy (non-hydrogen) atoms. The minimum atomic E-state index is 0.565. The Balaban J connectivity index is 1.95. The van der Waals surface area contributed by atoms with Gasteiger partial charge in [0, 0.05) is 0 Å². The largest absolute Gasteiger partial charge is 0.0996 e. The third kappa shape index (κ3) is 1.33. The van der Waals surface area contributed by atoms with Crippen LogP contribution in [0.5, 0.6) is 0 Å². The van der Waals surface area contributed by atoms with Crippen molar-refractivity contribution >= 4 is 0 Å². The summed E-state index contributed by atoms with van der Waals surface area (Å²) >= 11 is 0. The highest BCUT2D eigenvalue weighted by Gasteiger charge is 2.61. The van der Waals surface area contributed by atoms with Crippen molar-refractivity contribution in [1.29, 1.82) is 0 Å². The molecule has 0 aliphatic heterocycles. The maximum atomic E-state index is 4.33. The first-order valence-electron chi connectivity index (χ1n) is 6.60. The zero-order valence-electron chi connectivity index (χ0n) is 10.5. The van der Waals surface area contributed by atoms with Crippen molar-refractivity contribution in [3.63, 3.8) is 0 Å². The monoisotopic (exact) mass is 204 g/mol. The van der Waals surface area contributed by atoms with Crippen LogP contribution in [0.4, 0.5) is 0 Å². The predicted molar refractivity (Wildman–Crippen MR) is 64.6 cm³/mol. The highest BCUT2D eigenvalue weighted by atomic mass is 14.7. The van der Waals surface area contributed by atoms with Crippen LogP contribution in [0.25, 0.3) is 0 Å². The van der Waals surface area contributed by atoms with Gasteiger partial charge in [0.25, 0.3) is 0 Å². The molecular weight excluding hydrogens is 180 g/mol. The van der Waals surface area contributed by atoms with E-state index >= 15 is 0 Å². The summed E-state index contributed by atoms with van der Waals surface area (Å²) in [5.41, 5.74) is 2.84. The van der Waals surface area contributed by atoms with Crippen molar-refractivity contribution < 1.29 is 0 Å². The molecule has 84 valence electrons. The molecule has 0 aromatic rings. The molecule has 0 aromatic carbocycles. The average molecular weight is 204 g/mol. The van der Waals surface area contributed by atoms with Crippen LogP contribution in [0.15, 0.2) is 12.2 Å². The Morgan fingerprint density at radius 2 is 1.87 bits per heavy atom. The minimum Gasteiger partial charge on any atom is -0.0996 e. The van der Waals surface area contributed by atoms with Crippen molar-refractivity contribution in [2.75, 3.05) is 0 Å². The van der Waals surface area contributed by atoms with Crippen LogP contribution < -0.4 is 0 Å². The lowest BCUT2D eigenvalue weighted by atomic mass is 9.75. The van der Waals surface area contributed by atoms with E-state index in [9.17, 15) is 0 Å². The molecule has 0 N–H and O–H groups in total. The Morgan fingerprint density at radius 1 is 1.13 bits per heavy atom. The van der Waals surface area contributed by atoms with Gasteiger partial charge in [-0.3, -0.25) is 0 Å². The van der Waals surface area contributed by atoms with Gasteiger partial charge in [-0.2, -0.15) is 0 Å². The fraction of sp³-hybridized carbons (Fsp3) is 0.867. The van der Waals surface area contributed by atoms with Crippen LogP contribution >= 0.6 is 0 Å². The number of rotatable bonds is 0. The van der Waals surface area contributed by atoms with Crippen LogP contribution in [0.3, 0.4) is 0 Å². The molecule has 0 amide bonds. The molecule has 3 aliphatic rings. The molecule has 3 aliphatic carbocycles. The van der Waals surface area contributed by atoms with Gasteiger partial charge in [-0.1, -0.05) is 32.9 Å². The van der Waals surface area contributed by atoms with Gasteiger partial charge in [-0.25, -0.2) is 0 Å². The number of hydrogen-bond acceptors (Lipinski definition) is 0. The van der Waals surface area contributed by atoms with Gasteiger partial charge >= 0.3 is 0 Å². The lowest BCUT2D eigenvalue weighted by Gasteiger charge is -2.29. The van der Waals surface area contributed by atoms with Gasteiger partial charge in [0.15, 0.2) is 0 Å². The standard InChI is InChI=1S/C15H24/c1-10-5-6-13-12(10)9-14(2,3)7-11-8-15(11,13)4/h11-13H,1,5-9H2,2-4H3/t11-,12-,13-,15-/m1/s1. The quantitative estimate of drug-likeness (QED) is 0.513. The highest BCUT2D eigenvalue weighted by Crippen LogP contribution is 2.70. The molecule has 0 heteroatoms. The molecule has 0 aromatic heterocycles. The molecule has 0 bridgehead atoms. The van der Waals surface area contributed by atoms with Crippen molar-refractivity contribution in [2.24, 2.45) is 28.6 Å². The lowest BCUT2D eigenvalue weighted by molar-refractivity contribution is 0.232. The van der Waals surface area contributed by atoms with Gasteiger partial charge < -0.3 is 0 Å². The third-order valence-electron chi connectivity index (χ3n) is 5.66. The second kappa shape index (κ2) is 2.70. The molecule has 3 fully saturated rings. The van der Waals surface area contributed by atoms with E-state index in [1.54, 1.807) is 5.57 Å². The van der Waals surface area contributed by atoms with E-state index in [-0.39, 0.29) is 0 Å². The van der Waals surface area contributed by atoms with E-state index in [0.717, 1.165) is 17.8 Å². The Morgan fingerprint density at radius 3 is 2.60 bits per heavy atom. The second-order valence-electron chi connectivity index (χ2n) is 7.39. The van der Waals surface area contributed by atoms with Crippen LogP contribution in [-0.4, -0.2) is 0 Å². The van der Waals surface area contributed by atoms with Crippen LogP contribution in [0.2, 0.25) is 0 Å². The molecule has 0 saturated heterocycles. The van der Waals surface area contributed by atoms with E-state index in [0.29, 0.717) is 10.8 Å². The van der Waals surface area contributed by atoms with E-state index < -0.39 is 0 Å². The zero-order chi connectivity index (χ0) is 10.8. The summed E-state index contributed by atoms with van der Waals surface area (Å²) in [6, 6.07) is 0. The normalized spacial score (nSPS) is 51.9. The number of allylic oxidation sites excluding steroid dienone is 1. The molecule has 3 saturated carbocycles. The molecular formula is C15H24. The third-order valence-corrected chi connectivity index (χ3v) is 5.66. The topological polar surface area (TPSA) is 0 Å². The summed E-state index contributed by atoms with van der Waals surface area (Å²) in [6.07, 6.45) is 7.12. The Bertz CT molecular complexity index is 312. The molecule has 3 rings (SSSR count).